The maximum atomic E-state index is 13.3. The lowest BCUT2D eigenvalue weighted by Crippen LogP contribution is -2.54. The van der Waals surface area contributed by atoms with Gasteiger partial charge in [0.2, 0.25) is 29.4 Å². The van der Waals surface area contributed by atoms with Crippen LogP contribution < -0.4 is 26.0 Å². The summed E-state index contributed by atoms with van der Waals surface area (Å²) in [5.74, 6) is -5.36. The van der Waals surface area contributed by atoms with Gasteiger partial charge in [0.05, 0.1) is 32.2 Å². The highest BCUT2D eigenvalue weighted by molar-refractivity contribution is 6.38. The number of aliphatic hydroxyl groups excluding tert-OH is 1. The van der Waals surface area contributed by atoms with Gasteiger partial charge in [-0.1, -0.05) is 55.8 Å². The number of carboxylic acid groups (broad SMARTS) is 1. The van der Waals surface area contributed by atoms with Gasteiger partial charge in [0.1, 0.15) is 11.8 Å². The molecule has 1 fully saturated rings. The zero-order valence-corrected chi connectivity index (χ0v) is 28.3. The highest BCUT2D eigenvalue weighted by atomic mass is 16.5. The van der Waals surface area contributed by atoms with Crippen molar-refractivity contribution in [2.45, 2.75) is 76.3 Å². The largest absolute Gasteiger partial charge is 0.494 e. The molecule has 2 aromatic carbocycles. The molecule has 1 heterocycles. The van der Waals surface area contributed by atoms with Crippen LogP contribution >= 0.6 is 0 Å². The van der Waals surface area contributed by atoms with Crippen molar-refractivity contribution in [3.8, 4) is 5.75 Å². The Bertz CT molecular complexity index is 1530. The van der Waals surface area contributed by atoms with Crippen molar-refractivity contribution >= 4 is 41.3 Å². The van der Waals surface area contributed by atoms with E-state index in [2.05, 4.69) is 21.3 Å². The van der Waals surface area contributed by atoms with Crippen LogP contribution in [-0.2, 0) is 40.0 Å². The molecule has 3 unspecified atom stereocenters. The van der Waals surface area contributed by atoms with Gasteiger partial charge in [0.25, 0.3) is 5.91 Å². The number of amides is 5. The Hall–Kier alpha value is -5.35. The molecule has 3 rings (SSSR count). The number of nitrogens with one attached hydrogen (secondary N) is 4. The number of aliphatic carboxylic acids is 1. The topological polar surface area (TPSA) is 241 Å². The third-order valence-electron chi connectivity index (χ3n) is 7.98. The predicted octanol–water partition coefficient (Wildman–Crippen LogP) is -0.282. The van der Waals surface area contributed by atoms with E-state index in [-0.39, 0.29) is 39.0 Å². The summed E-state index contributed by atoms with van der Waals surface area (Å²) in [6.45, 7) is 1.22. The first-order chi connectivity index (χ1) is 24.4. The van der Waals surface area contributed by atoms with Crippen LogP contribution in [0.25, 0.3) is 0 Å². The molecule has 16 nitrogen and oxygen atoms in total. The molecule has 51 heavy (non-hydrogen) atoms. The van der Waals surface area contributed by atoms with Gasteiger partial charge in [-0.2, -0.15) is 0 Å². The molecule has 3 atom stereocenters. The van der Waals surface area contributed by atoms with Crippen molar-refractivity contribution in [3.63, 3.8) is 0 Å². The number of ether oxygens (including phenoxy) is 1. The summed E-state index contributed by atoms with van der Waals surface area (Å²) in [6.07, 6.45) is 0.485. The Morgan fingerprint density at radius 2 is 1.65 bits per heavy atom. The second-order valence-electron chi connectivity index (χ2n) is 12.0. The van der Waals surface area contributed by atoms with Gasteiger partial charge >= 0.3 is 5.97 Å². The summed E-state index contributed by atoms with van der Waals surface area (Å²) in [4.78, 5) is 90.0. The summed E-state index contributed by atoms with van der Waals surface area (Å²) in [5.41, 5.74) is 0.946. The van der Waals surface area contributed by atoms with E-state index in [1.165, 1.54) is 17.0 Å². The fourth-order valence-electron chi connectivity index (χ4n) is 5.44. The van der Waals surface area contributed by atoms with Crippen molar-refractivity contribution in [1.82, 2.24) is 26.2 Å². The fraction of sp³-hybridized carbons (Fsp3) is 0.457. The Morgan fingerprint density at radius 3 is 2.33 bits per heavy atom. The molecule has 1 saturated heterocycles. The highest BCUT2D eigenvalue weighted by Crippen LogP contribution is 2.19. The van der Waals surface area contributed by atoms with Gasteiger partial charge in [0.15, 0.2) is 12.3 Å². The highest BCUT2D eigenvalue weighted by Gasteiger charge is 2.36. The molecule has 276 valence electrons. The Labute approximate surface area is 294 Å². The SMILES string of the molecule is CCCC(NC(=O)C1CCCN1C(=O)CNC(=O)Cc1cccc(OCCCC(O)O)c1)C(=O)C(=O)NCC(=O)NC(C(=O)O)c1ccccc1. The number of likely N-dealkylation sites (tertiary alicyclic amines) is 1. The normalized spacial score (nSPS) is 15.0. The van der Waals surface area contributed by atoms with Crippen LogP contribution in [0.15, 0.2) is 54.6 Å². The molecular weight excluding hydrogens is 666 g/mol. The quantitative estimate of drug-likeness (QED) is 0.0535. The standard InChI is InChI=1S/C35H45N5O11/c1-2-9-25(32(46)34(48)37-20-28(42)39-31(35(49)50)23-11-4-3-5-12-23)38-33(47)26-14-7-16-40(26)29(43)21-36-27(41)19-22-10-6-13-24(18-22)51-17-8-15-30(44)45/h3-6,10-13,18,25-26,30-31,44-45H,2,7-9,14-17,19-21H2,1H3,(H,36,41)(H,37,48)(H,38,47)(H,39,42)(H,49,50). The van der Waals surface area contributed by atoms with E-state index >= 15 is 0 Å². The lowest BCUT2D eigenvalue weighted by molar-refractivity contribution is -0.143. The molecule has 0 saturated carbocycles. The third kappa shape index (κ3) is 13.1. The van der Waals surface area contributed by atoms with Gasteiger partial charge in [-0.15, -0.1) is 0 Å². The molecule has 7 N–H and O–H groups in total. The summed E-state index contributed by atoms with van der Waals surface area (Å²) >= 11 is 0. The number of ketones is 1. The maximum absolute atomic E-state index is 13.3. The van der Waals surface area contributed by atoms with E-state index in [1.807, 2.05) is 0 Å². The van der Waals surface area contributed by atoms with Crippen LogP contribution in [0.2, 0.25) is 0 Å². The predicted molar refractivity (Wildman–Crippen MR) is 181 cm³/mol. The number of aliphatic hydroxyl groups is 2. The molecule has 0 radical (unpaired) electrons. The van der Waals surface area contributed by atoms with Crippen LogP contribution in [0.5, 0.6) is 5.75 Å². The van der Waals surface area contributed by atoms with Gasteiger partial charge < -0.3 is 46.2 Å². The van der Waals surface area contributed by atoms with E-state index in [9.17, 15) is 38.7 Å². The van der Waals surface area contributed by atoms with E-state index in [4.69, 9.17) is 14.9 Å². The van der Waals surface area contributed by atoms with Crippen LogP contribution in [0.3, 0.4) is 0 Å². The first-order valence-corrected chi connectivity index (χ1v) is 16.7. The summed E-state index contributed by atoms with van der Waals surface area (Å²) in [5, 5.41) is 37.0. The van der Waals surface area contributed by atoms with Gasteiger partial charge in [-0.05, 0) is 48.9 Å². The number of hydrogen-bond donors (Lipinski definition) is 7. The Kier molecular flexibility index (Phi) is 16.0. The maximum Gasteiger partial charge on any atom is 0.330 e. The number of carbonyl (C=O) groups is 7. The summed E-state index contributed by atoms with van der Waals surface area (Å²) in [6, 6.07) is 11.2. The van der Waals surface area contributed by atoms with Crippen molar-refractivity contribution in [2.24, 2.45) is 0 Å². The number of carboxylic acids is 1. The number of hydrogen-bond acceptors (Lipinski definition) is 10. The molecule has 2 aromatic rings. The third-order valence-corrected chi connectivity index (χ3v) is 7.98. The zero-order chi connectivity index (χ0) is 37.3. The second kappa shape index (κ2) is 20.4. The minimum atomic E-state index is -1.41. The molecule has 16 heteroatoms. The average Bonchev–Trinajstić information content (AvgIpc) is 3.61. The van der Waals surface area contributed by atoms with Crippen molar-refractivity contribution in [1.29, 1.82) is 0 Å². The zero-order valence-electron chi connectivity index (χ0n) is 28.3. The minimum Gasteiger partial charge on any atom is -0.494 e. The minimum absolute atomic E-state index is 0.0402. The number of nitrogens with zero attached hydrogens (tertiary/aromatic N) is 1. The molecule has 0 aliphatic carbocycles. The summed E-state index contributed by atoms with van der Waals surface area (Å²) < 4.78 is 5.57. The number of benzene rings is 2. The Morgan fingerprint density at radius 1 is 0.902 bits per heavy atom. The smallest absolute Gasteiger partial charge is 0.330 e. The number of Topliss-reactive ketones (excluding diaryl/α,β-unsaturated/α-hetero) is 1. The van der Waals surface area contributed by atoms with Crippen LogP contribution in [-0.4, -0.2) is 106 Å². The van der Waals surface area contributed by atoms with E-state index < -0.39 is 72.2 Å². The lowest BCUT2D eigenvalue weighted by atomic mass is 10.1. The molecule has 1 aliphatic rings. The van der Waals surface area contributed by atoms with Crippen LogP contribution in [0.4, 0.5) is 0 Å². The molecule has 0 bridgehead atoms. The van der Waals surface area contributed by atoms with E-state index in [0.29, 0.717) is 42.6 Å². The molecule has 1 aliphatic heterocycles. The Balaban J connectivity index is 1.48. The first kappa shape index (κ1) is 40.1. The van der Waals surface area contributed by atoms with Gasteiger partial charge in [-0.3, -0.25) is 28.8 Å². The molecule has 5 amide bonds. The van der Waals surface area contributed by atoms with E-state index in [0.717, 1.165) is 0 Å². The first-order valence-electron chi connectivity index (χ1n) is 16.7. The van der Waals surface area contributed by atoms with Crippen LogP contribution in [0, 0.1) is 0 Å². The second-order valence-corrected chi connectivity index (χ2v) is 12.0. The fourth-order valence-corrected chi connectivity index (χ4v) is 5.44. The van der Waals surface area contributed by atoms with Gasteiger partial charge in [-0.25, -0.2) is 4.79 Å². The molecule has 0 spiro atoms. The van der Waals surface area contributed by atoms with Crippen molar-refractivity contribution < 1.29 is 53.6 Å². The number of carbonyl (C=O) groups excluding carboxylic acids is 6. The number of rotatable bonds is 20. The monoisotopic (exact) mass is 711 g/mol. The average molecular weight is 712 g/mol. The van der Waals surface area contributed by atoms with Crippen LogP contribution in [0.1, 0.15) is 62.6 Å². The van der Waals surface area contributed by atoms with Crippen molar-refractivity contribution in [2.75, 3.05) is 26.2 Å². The summed E-state index contributed by atoms with van der Waals surface area (Å²) in [7, 11) is 0. The molecular formula is C35H45N5O11. The van der Waals surface area contributed by atoms with Gasteiger partial charge in [0, 0.05) is 13.0 Å². The molecule has 0 aromatic heterocycles. The lowest BCUT2D eigenvalue weighted by Gasteiger charge is -2.26. The van der Waals surface area contributed by atoms with E-state index in [1.54, 1.807) is 49.4 Å². The van der Waals surface area contributed by atoms with Crippen molar-refractivity contribution in [3.05, 3.63) is 65.7 Å².